The number of fused-ring (bicyclic) bond motifs is 3. The molecule has 0 saturated carbocycles. The lowest BCUT2D eigenvalue weighted by Gasteiger charge is -2.08. The molecule has 124 valence electrons. The fourth-order valence-corrected chi connectivity index (χ4v) is 3.95. The third kappa shape index (κ3) is 2.45. The van der Waals surface area contributed by atoms with E-state index in [0.717, 1.165) is 31.4 Å². The number of nitrogens with zero attached hydrogens (tertiary/aromatic N) is 2. The number of primary amides is 1. The average Bonchev–Trinajstić information content (AvgIpc) is 3.00. The molecule has 2 heterocycles. The molecule has 0 unspecified atom stereocenters. The van der Waals surface area contributed by atoms with Crippen molar-refractivity contribution >= 4 is 43.4 Å². The van der Waals surface area contributed by atoms with Crippen LogP contribution in [-0.4, -0.2) is 23.0 Å². The van der Waals surface area contributed by atoms with Gasteiger partial charge in [-0.1, -0.05) is 18.2 Å². The maximum absolute atomic E-state index is 11.6. The summed E-state index contributed by atoms with van der Waals surface area (Å²) in [6.45, 7) is 0. The molecule has 7 heteroatoms. The molecule has 0 atom stereocenters. The van der Waals surface area contributed by atoms with Gasteiger partial charge in [-0.3, -0.25) is 4.79 Å². The summed E-state index contributed by atoms with van der Waals surface area (Å²) in [6.07, 6.45) is 1.47. The number of ether oxygens (including phenoxy) is 1. The van der Waals surface area contributed by atoms with E-state index in [1.165, 1.54) is 13.4 Å². The Hall–Kier alpha value is -3.19. The van der Waals surface area contributed by atoms with Gasteiger partial charge in [-0.05, 0) is 29.3 Å². The second-order valence-electron chi connectivity index (χ2n) is 5.53. The molecule has 1 amide bonds. The van der Waals surface area contributed by atoms with Crippen molar-refractivity contribution in [3.8, 4) is 16.9 Å². The van der Waals surface area contributed by atoms with Crippen molar-refractivity contribution in [2.75, 3.05) is 12.8 Å². The molecule has 2 aromatic carbocycles. The number of benzene rings is 2. The van der Waals surface area contributed by atoms with Crippen LogP contribution < -0.4 is 16.2 Å². The van der Waals surface area contributed by atoms with Gasteiger partial charge in [0, 0.05) is 10.1 Å². The van der Waals surface area contributed by atoms with Crippen molar-refractivity contribution in [2.24, 2.45) is 5.73 Å². The van der Waals surface area contributed by atoms with Gasteiger partial charge in [0.1, 0.15) is 17.9 Å². The fraction of sp³-hybridized carbons (Fsp3) is 0.0556. The molecule has 0 saturated heterocycles. The predicted molar refractivity (Wildman–Crippen MR) is 99.8 cm³/mol. The quantitative estimate of drug-likeness (QED) is 0.590. The molecule has 0 fully saturated rings. The summed E-state index contributed by atoms with van der Waals surface area (Å²) in [4.78, 5) is 20.0. The lowest BCUT2D eigenvalue weighted by molar-refractivity contribution is 0.0997. The van der Waals surface area contributed by atoms with Crippen LogP contribution in [0, 0.1) is 0 Å². The Morgan fingerprint density at radius 1 is 1.12 bits per heavy atom. The largest absolute Gasteiger partial charge is 0.496 e. The third-order valence-corrected chi connectivity index (χ3v) is 5.24. The van der Waals surface area contributed by atoms with E-state index in [9.17, 15) is 4.79 Å². The van der Waals surface area contributed by atoms with Crippen LogP contribution in [0.5, 0.6) is 5.75 Å². The summed E-state index contributed by atoms with van der Waals surface area (Å²) in [5.41, 5.74) is 14.5. The van der Waals surface area contributed by atoms with Crippen LogP contribution in [0.3, 0.4) is 0 Å². The number of carbonyl (C=O) groups excluding carboxylic acids is 1. The first-order chi connectivity index (χ1) is 12.1. The highest BCUT2D eigenvalue weighted by atomic mass is 32.1. The standard InChI is InChI=1S/C18H14N4O2S/c1-24-13-5-3-9(6-12(13)18(20)23)10-2-4-11-14(7-10)25-16-15(11)21-8-22-17(16)19/h2-8H,1H3,(H2,20,23)(H2,19,21,22). The summed E-state index contributed by atoms with van der Waals surface area (Å²) in [5.74, 6) is 0.417. The molecule has 4 N–H and O–H groups in total. The first kappa shape index (κ1) is 15.3. The Bertz CT molecular complexity index is 1140. The van der Waals surface area contributed by atoms with E-state index in [2.05, 4.69) is 9.97 Å². The topological polar surface area (TPSA) is 104 Å². The van der Waals surface area contributed by atoms with Gasteiger partial charge < -0.3 is 16.2 Å². The van der Waals surface area contributed by atoms with E-state index in [1.807, 2.05) is 24.3 Å². The number of hydrogen-bond acceptors (Lipinski definition) is 6. The zero-order valence-electron chi connectivity index (χ0n) is 13.3. The molecule has 0 bridgehead atoms. The van der Waals surface area contributed by atoms with E-state index in [4.69, 9.17) is 16.2 Å². The van der Waals surface area contributed by atoms with Crippen LogP contribution in [0.2, 0.25) is 0 Å². The number of anilines is 1. The van der Waals surface area contributed by atoms with Gasteiger partial charge in [0.15, 0.2) is 0 Å². The normalized spacial score (nSPS) is 11.1. The third-order valence-electron chi connectivity index (χ3n) is 4.08. The summed E-state index contributed by atoms with van der Waals surface area (Å²) in [7, 11) is 1.51. The van der Waals surface area contributed by atoms with Gasteiger partial charge in [0.2, 0.25) is 0 Å². The minimum atomic E-state index is -0.523. The van der Waals surface area contributed by atoms with Gasteiger partial charge >= 0.3 is 0 Å². The van der Waals surface area contributed by atoms with Crippen molar-refractivity contribution in [2.45, 2.75) is 0 Å². The summed E-state index contributed by atoms with van der Waals surface area (Å²) in [5, 5.41) is 1.03. The van der Waals surface area contributed by atoms with E-state index in [1.54, 1.807) is 23.5 Å². The van der Waals surface area contributed by atoms with Gasteiger partial charge in [0.25, 0.3) is 5.91 Å². The maximum atomic E-state index is 11.6. The number of rotatable bonds is 3. The Morgan fingerprint density at radius 3 is 2.64 bits per heavy atom. The Morgan fingerprint density at radius 2 is 1.88 bits per heavy atom. The zero-order valence-corrected chi connectivity index (χ0v) is 14.1. The van der Waals surface area contributed by atoms with Gasteiger partial charge in [-0.2, -0.15) is 0 Å². The number of amides is 1. The van der Waals surface area contributed by atoms with Crippen LogP contribution in [0.15, 0.2) is 42.7 Å². The zero-order chi connectivity index (χ0) is 17.6. The number of methoxy groups -OCH3 is 1. The van der Waals surface area contributed by atoms with Crippen molar-refractivity contribution in [3.63, 3.8) is 0 Å². The van der Waals surface area contributed by atoms with E-state index >= 15 is 0 Å². The lowest BCUT2D eigenvalue weighted by atomic mass is 10.0. The molecule has 0 aliphatic rings. The lowest BCUT2D eigenvalue weighted by Crippen LogP contribution is -2.12. The van der Waals surface area contributed by atoms with Gasteiger partial charge in [0.05, 0.1) is 22.9 Å². The highest BCUT2D eigenvalue weighted by molar-refractivity contribution is 7.26. The van der Waals surface area contributed by atoms with Crippen molar-refractivity contribution in [1.29, 1.82) is 0 Å². The molecule has 4 rings (SSSR count). The second kappa shape index (κ2) is 5.71. The molecule has 0 aliphatic heterocycles. The van der Waals surface area contributed by atoms with Crippen molar-refractivity contribution in [3.05, 3.63) is 48.3 Å². The van der Waals surface area contributed by atoms with E-state index < -0.39 is 5.91 Å². The summed E-state index contributed by atoms with van der Waals surface area (Å²) in [6, 6.07) is 11.4. The molecule has 4 aromatic rings. The van der Waals surface area contributed by atoms with E-state index in [-0.39, 0.29) is 0 Å². The Balaban J connectivity index is 1.90. The number of aromatic nitrogens is 2. The number of nitrogen functional groups attached to an aromatic ring is 1. The molecule has 25 heavy (non-hydrogen) atoms. The van der Waals surface area contributed by atoms with Gasteiger partial charge in [-0.25, -0.2) is 9.97 Å². The van der Waals surface area contributed by atoms with Crippen molar-refractivity contribution < 1.29 is 9.53 Å². The minimum absolute atomic E-state index is 0.353. The predicted octanol–water partition coefficient (Wildman–Crippen LogP) is 3.20. The molecule has 0 aliphatic carbocycles. The molecule has 6 nitrogen and oxygen atoms in total. The Labute approximate surface area is 147 Å². The molecular weight excluding hydrogens is 336 g/mol. The van der Waals surface area contributed by atoms with Crippen LogP contribution >= 0.6 is 11.3 Å². The number of hydrogen-bond donors (Lipinski definition) is 2. The fourth-order valence-electron chi connectivity index (χ4n) is 2.85. The van der Waals surface area contributed by atoms with Crippen LogP contribution in [0.1, 0.15) is 10.4 Å². The SMILES string of the molecule is COc1ccc(-c2ccc3c(c2)sc2c(N)ncnc23)cc1C(N)=O. The first-order valence-electron chi connectivity index (χ1n) is 7.49. The number of nitrogens with two attached hydrogens (primary N) is 2. The van der Waals surface area contributed by atoms with E-state index in [0.29, 0.717) is 17.1 Å². The first-order valence-corrected chi connectivity index (χ1v) is 8.31. The number of thiophene rings is 1. The highest BCUT2D eigenvalue weighted by Crippen LogP contribution is 2.37. The maximum Gasteiger partial charge on any atom is 0.252 e. The molecule has 0 spiro atoms. The van der Waals surface area contributed by atoms with Crippen LogP contribution in [0.25, 0.3) is 31.4 Å². The van der Waals surface area contributed by atoms with Crippen LogP contribution in [0.4, 0.5) is 5.82 Å². The molecule has 2 aromatic heterocycles. The minimum Gasteiger partial charge on any atom is -0.496 e. The number of carbonyl (C=O) groups is 1. The summed E-state index contributed by atoms with van der Waals surface area (Å²) >= 11 is 1.55. The summed E-state index contributed by atoms with van der Waals surface area (Å²) < 4.78 is 7.12. The molecule has 0 radical (unpaired) electrons. The Kier molecular flexibility index (Phi) is 3.51. The van der Waals surface area contributed by atoms with Crippen LogP contribution in [-0.2, 0) is 0 Å². The highest BCUT2D eigenvalue weighted by Gasteiger charge is 2.13. The monoisotopic (exact) mass is 350 g/mol. The second-order valence-corrected chi connectivity index (χ2v) is 6.58. The van der Waals surface area contributed by atoms with Crippen molar-refractivity contribution in [1.82, 2.24) is 9.97 Å². The smallest absolute Gasteiger partial charge is 0.252 e. The molecular formula is C18H14N4O2S. The average molecular weight is 350 g/mol. The van der Waals surface area contributed by atoms with Gasteiger partial charge in [-0.15, -0.1) is 11.3 Å².